The molecule has 0 saturated carbocycles. The zero-order valence-electron chi connectivity index (χ0n) is 19.4. The molecule has 1 aliphatic heterocycles. The topological polar surface area (TPSA) is 61.4 Å². The maximum Gasteiger partial charge on any atom is 0.191 e. The van der Waals surface area contributed by atoms with Gasteiger partial charge in [0.25, 0.3) is 0 Å². The Balaban J connectivity index is 0.00000450. The van der Waals surface area contributed by atoms with E-state index in [0.29, 0.717) is 0 Å². The van der Waals surface area contributed by atoms with E-state index < -0.39 is 0 Å². The predicted molar refractivity (Wildman–Crippen MR) is 135 cm³/mol. The van der Waals surface area contributed by atoms with Crippen LogP contribution in [0.5, 0.6) is 5.75 Å². The van der Waals surface area contributed by atoms with E-state index in [1.165, 1.54) is 5.56 Å². The summed E-state index contributed by atoms with van der Waals surface area (Å²) in [6.45, 7) is 12.2. The summed E-state index contributed by atoms with van der Waals surface area (Å²) in [6.07, 6.45) is 0. The van der Waals surface area contributed by atoms with Crippen molar-refractivity contribution in [1.82, 2.24) is 20.4 Å². The number of benzene rings is 1. The first-order valence-corrected chi connectivity index (χ1v) is 10.5. The lowest BCUT2D eigenvalue weighted by Gasteiger charge is -2.35. The molecule has 1 aliphatic rings. The van der Waals surface area contributed by atoms with E-state index in [4.69, 9.17) is 14.5 Å². The lowest BCUT2D eigenvalue weighted by Crippen LogP contribution is -2.47. The molecule has 30 heavy (non-hydrogen) atoms. The van der Waals surface area contributed by atoms with Crippen LogP contribution in [0.4, 0.5) is 0 Å². The van der Waals surface area contributed by atoms with Gasteiger partial charge >= 0.3 is 0 Å². The van der Waals surface area contributed by atoms with Gasteiger partial charge in [-0.1, -0.05) is 12.1 Å². The number of aliphatic imine (C=N–C) groups is 1. The lowest BCUT2D eigenvalue weighted by atomic mass is 10.0. The molecular weight excluding hydrogens is 493 g/mol. The largest absolute Gasteiger partial charge is 0.497 e. The average Bonchev–Trinajstić information content (AvgIpc) is 2.73. The van der Waals surface area contributed by atoms with Gasteiger partial charge in [-0.2, -0.15) is 0 Å². The summed E-state index contributed by atoms with van der Waals surface area (Å²) < 4.78 is 10.9. The fraction of sp³-hybridized carbons (Fsp3) is 0.682. The van der Waals surface area contributed by atoms with Crippen molar-refractivity contribution in [3.05, 3.63) is 29.8 Å². The molecule has 0 aliphatic carbocycles. The Hall–Kier alpha value is -1.10. The molecule has 0 bridgehead atoms. The van der Waals surface area contributed by atoms with E-state index in [0.717, 1.165) is 57.6 Å². The highest BCUT2D eigenvalue weighted by atomic mass is 127. The predicted octanol–water partition coefficient (Wildman–Crippen LogP) is 2.58. The first-order chi connectivity index (χ1) is 13.9. The zero-order chi connectivity index (χ0) is 21.3. The first-order valence-electron chi connectivity index (χ1n) is 10.5. The third-order valence-electron chi connectivity index (χ3n) is 5.63. The second-order valence-corrected chi connectivity index (χ2v) is 8.22. The number of likely N-dealkylation sites (N-methyl/N-ethyl adjacent to an activating group) is 1. The fourth-order valence-corrected chi connectivity index (χ4v) is 3.12. The molecule has 2 rings (SSSR count). The number of halogens is 1. The number of ether oxygens (including phenoxy) is 2. The first kappa shape index (κ1) is 26.9. The van der Waals surface area contributed by atoms with Gasteiger partial charge in [-0.3, -0.25) is 9.89 Å². The van der Waals surface area contributed by atoms with Gasteiger partial charge in [0, 0.05) is 31.7 Å². The van der Waals surface area contributed by atoms with Gasteiger partial charge < -0.3 is 25.0 Å². The minimum Gasteiger partial charge on any atom is -0.497 e. The number of hydrogen-bond acceptors (Lipinski definition) is 5. The lowest BCUT2D eigenvalue weighted by molar-refractivity contribution is 0.0170. The summed E-state index contributed by atoms with van der Waals surface area (Å²) in [7, 11) is 5.88. The summed E-state index contributed by atoms with van der Waals surface area (Å²) in [5.74, 6) is 1.73. The molecule has 1 heterocycles. The monoisotopic (exact) mass is 533 g/mol. The van der Waals surface area contributed by atoms with Crippen molar-refractivity contribution in [2.24, 2.45) is 4.99 Å². The van der Waals surface area contributed by atoms with E-state index in [1.807, 2.05) is 12.1 Å². The van der Waals surface area contributed by atoms with Crippen LogP contribution < -0.4 is 15.4 Å². The minimum absolute atomic E-state index is 0. The van der Waals surface area contributed by atoms with Gasteiger partial charge in [0.1, 0.15) is 5.75 Å². The van der Waals surface area contributed by atoms with Gasteiger partial charge in [0.15, 0.2) is 5.96 Å². The molecule has 1 atom stereocenters. The fourth-order valence-electron chi connectivity index (χ4n) is 3.12. The number of rotatable bonds is 9. The average molecular weight is 533 g/mol. The molecule has 172 valence electrons. The quantitative estimate of drug-likeness (QED) is 0.289. The molecule has 0 aromatic heterocycles. The highest BCUT2D eigenvalue weighted by Gasteiger charge is 2.24. The van der Waals surface area contributed by atoms with Crippen LogP contribution in [0.25, 0.3) is 0 Å². The summed E-state index contributed by atoms with van der Waals surface area (Å²) in [5.41, 5.74) is 1.27. The molecule has 1 aromatic carbocycles. The standard InChI is InChI=1S/C22H39N5O2.HI/c1-7-23-21(25-17-22(2,3)26(4)5)24-16-20(27-12-14-29-15-13-27)18-8-10-19(28-6)11-9-18;/h8-11,20H,7,12-17H2,1-6H3,(H2,23,24,25);1H. The van der Waals surface area contributed by atoms with Crippen LogP contribution in [-0.2, 0) is 4.74 Å². The molecular formula is C22H40IN5O2. The third-order valence-corrected chi connectivity index (χ3v) is 5.63. The Bertz CT molecular complexity index is 631. The molecule has 8 heteroatoms. The molecule has 0 radical (unpaired) electrons. The van der Waals surface area contributed by atoms with Gasteiger partial charge in [-0.15, -0.1) is 24.0 Å². The summed E-state index contributed by atoms with van der Waals surface area (Å²) >= 11 is 0. The number of morpholine rings is 1. The van der Waals surface area contributed by atoms with Crippen LogP contribution >= 0.6 is 24.0 Å². The van der Waals surface area contributed by atoms with Crippen LogP contribution in [0.2, 0.25) is 0 Å². The van der Waals surface area contributed by atoms with Crippen molar-refractivity contribution < 1.29 is 9.47 Å². The van der Waals surface area contributed by atoms with Gasteiger partial charge in [0.05, 0.1) is 32.9 Å². The summed E-state index contributed by atoms with van der Waals surface area (Å²) in [4.78, 5) is 9.51. The highest BCUT2D eigenvalue weighted by molar-refractivity contribution is 14.0. The van der Waals surface area contributed by atoms with Crippen molar-refractivity contribution in [1.29, 1.82) is 0 Å². The smallest absolute Gasteiger partial charge is 0.191 e. The zero-order valence-corrected chi connectivity index (χ0v) is 21.7. The Kier molecular flexibility index (Phi) is 12.0. The Morgan fingerprint density at radius 3 is 2.37 bits per heavy atom. The molecule has 1 saturated heterocycles. The molecule has 0 spiro atoms. The normalized spacial score (nSPS) is 16.7. The van der Waals surface area contributed by atoms with Crippen molar-refractivity contribution >= 4 is 29.9 Å². The van der Waals surface area contributed by atoms with E-state index in [9.17, 15) is 0 Å². The van der Waals surface area contributed by atoms with Gasteiger partial charge in [-0.25, -0.2) is 0 Å². The maximum absolute atomic E-state index is 5.56. The van der Waals surface area contributed by atoms with Crippen LogP contribution in [0.15, 0.2) is 29.3 Å². The molecule has 1 unspecified atom stereocenters. The van der Waals surface area contributed by atoms with Crippen LogP contribution in [0.1, 0.15) is 32.4 Å². The molecule has 1 fully saturated rings. The second-order valence-electron chi connectivity index (χ2n) is 8.22. The number of nitrogens with zero attached hydrogens (tertiary/aromatic N) is 3. The van der Waals surface area contributed by atoms with E-state index >= 15 is 0 Å². The van der Waals surface area contributed by atoms with Crippen LogP contribution in [-0.4, -0.2) is 88.4 Å². The summed E-state index contributed by atoms with van der Waals surface area (Å²) in [5, 5.41) is 6.94. The third kappa shape index (κ3) is 8.20. The summed E-state index contributed by atoms with van der Waals surface area (Å²) in [6, 6.07) is 8.61. The van der Waals surface area contributed by atoms with Crippen LogP contribution in [0.3, 0.4) is 0 Å². The minimum atomic E-state index is 0. The number of methoxy groups -OCH3 is 1. The van der Waals surface area contributed by atoms with Gasteiger partial charge in [-0.05, 0) is 52.6 Å². The van der Waals surface area contributed by atoms with Crippen molar-refractivity contribution in [3.8, 4) is 5.75 Å². The second kappa shape index (κ2) is 13.3. The van der Waals surface area contributed by atoms with Crippen molar-refractivity contribution in [2.45, 2.75) is 32.4 Å². The highest BCUT2D eigenvalue weighted by Crippen LogP contribution is 2.23. The van der Waals surface area contributed by atoms with Crippen molar-refractivity contribution in [2.75, 3.05) is 67.1 Å². The van der Waals surface area contributed by atoms with E-state index in [2.05, 4.69) is 67.4 Å². The Labute approximate surface area is 199 Å². The van der Waals surface area contributed by atoms with Gasteiger partial charge in [0.2, 0.25) is 0 Å². The number of guanidine groups is 1. The molecule has 7 nitrogen and oxygen atoms in total. The number of hydrogen-bond donors (Lipinski definition) is 2. The number of nitrogens with one attached hydrogen (secondary N) is 2. The molecule has 2 N–H and O–H groups in total. The van der Waals surface area contributed by atoms with E-state index in [1.54, 1.807) is 7.11 Å². The molecule has 1 aromatic rings. The Morgan fingerprint density at radius 2 is 1.83 bits per heavy atom. The molecule has 0 amide bonds. The van der Waals surface area contributed by atoms with Crippen molar-refractivity contribution in [3.63, 3.8) is 0 Å². The van der Waals surface area contributed by atoms with E-state index in [-0.39, 0.29) is 35.6 Å². The van der Waals surface area contributed by atoms with Crippen LogP contribution in [0, 0.1) is 0 Å². The SMILES string of the molecule is CCNC(=NCC(C)(C)N(C)C)NCC(c1ccc(OC)cc1)N1CCOCC1.I. The maximum atomic E-state index is 5.56. The Morgan fingerprint density at radius 1 is 1.20 bits per heavy atom.